The van der Waals surface area contributed by atoms with Crippen molar-refractivity contribution in [2.75, 3.05) is 5.73 Å². The first-order valence-corrected chi connectivity index (χ1v) is 4.01. The standard InChI is InChI=1S/C7H7F3N2S/c8-7(9,10)5-1-2-12-6(11)4(5)3-13/h1-2,13H,3H2,(H2,11,12). The van der Waals surface area contributed by atoms with E-state index in [1.807, 2.05) is 0 Å². The first-order valence-electron chi connectivity index (χ1n) is 3.38. The van der Waals surface area contributed by atoms with Crippen molar-refractivity contribution < 1.29 is 13.2 Å². The molecule has 6 heteroatoms. The highest BCUT2D eigenvalue weighted by molar-refractivity contribution is 7.79. The SMILES string of the molecule is Nc1nccc(C(F)(F)F)c1CS. The number of nitrogens with zero attached hydrogens (tertiary/aromatic N) is 1. The third-order valence-electron chi connectivity index (χ3n) is 1.55. The van der Waals surface area contributed by atoms with E-state index in [2.05, 4.69) is 17.6 Å². The number of nitrogens with two attached hydrogens (primary N) is 1. The molecule has 13 heavy (non-hydrogen) atoms. The smallest absolute Gasteiger partial charge is 0.383 e. The predicted octanol–water partition coefficient (Wildman–Crippen LogP) is 2.11. The van der Waals surface area contributed by atoms with Gasteiger partial charge in [-0.25, -0.2) is 4.98 Å². The van der Waals surface area contributed by atoms with E-state index < -0.39 is 11.7 Å². The van der Waals surface area contributed by atoms with Gasteiger partial charge < -0.3 is 5.73 Å². The third kappa shape index (κ3) is 2.06. The van der Waals surface area contributed by atoms with Crippen LogP contribution in [0.25, 0.3) is 0 Å². The number of nitrogen functional groups attached to an aromatic ring is 1. The van der Waals surface area contributed by atoms with Crippen LogP contribution in [0.15, 0.2) is 12.3 Å². The number of halogens is 3. The molecule has 2 nitrogen and oxygen atoms in total. The molecule has 0 aliphatic heterocycles. The van der Waals surface area contributed by atoms with Gasteiger partial charge in [0, 0.05) is 17.5 Å². The summed E-state index contributed by atoms with van der Waals surface area (Å²) in [6, 6.07) is 0.891. The minimum Gasteiger partial charge on any atom is -0.383 e. The van der Waals surface area contributed by atoms with Crippen LogP contribution in [0, 0.1) is 0 Å². The van der Waals surface area contributed by atoms with Gasteiger partial charge in [0.1, 0.15) is 5.82 Å². The molecule has 0 saturated heterocycles. The lowest BCUT2D eigenvalue weighted by Crippen LogP contribution is -2.11. The van der Waals surface area contributed by atoms with Crippen molar-refractivity contribution in [3.05, 3.63) is 23.4 Å². The van der Waals surface area contributed by atoms with Gasteiger partial charge in [0.25, 0.3) is 0 Å². The van der Waals surface area contributed by atoms with Crippen LogP contribution in [0.1, 0.15) is 11.1 Å². The number of pyridine rings is 1. The van der Waals surface area contributed by atoms with Crippen molar-refractivity contribution in [3.63, 3.8) is 0 Å². The van der Waals surface area contributed by atoms with Crippen molar-refractivity contribution in [2.45, 2.75) is 11.9 Å². The number of thiol groups is 1. The highest BCUT2D eigenvalue weighted by atomic mass is 32.1. The zero-order valence-electron chi connectivity index (χ0n) is 6.47. The molecule has 0 bridgehead atoms. The Kier molecular flexibility index (Phi) is 2.70. The monoisotopic (exact) mass is 208 g/mol. The molecule has 1 aromatic heterocycles. The van der Waals surface area contributed by atoms with Crippen molar-refractivity contribution in [2.24, 2.45) is 0 Å². The van der Waals surface area contributed by atoms with E-state index in [0.29, 0.717) is 0 Å². The Bertz CT molecular complexity index is 311. The molecule has 1 heterocycles. The van der Waals surface area contributed by atoms with Crippen LogP contribution < -0.4 is 5.73 Å². The summed E-state index contributed by atoms with van der Waals surface area (Å²) in [6.45, 7) is 0. The van der Waals surface area contributed by atoms with Crippen LogP contribution in [-0.2, 0) is 11.9 Å². The normalized spacial score (nSPS) is 11.7. The highest BCUT2D eigenvalue weighted by Crippen LogP contribution is 2.33. The molecule has 1 aromatic rings. The molecule has 0 spiro atoms. The van der Waals surface area contributed by atoms with E-state index in [4.69, 9.17) is 5.73 Å². The molecular formula is C7H7F3N2S. The Labute approximate surface area is 78.4 Å². The van der Waals surface area contributed by atoms with Gasteiger partial charge in [0.15, 0.2) is 0 Å². The van der Waals surface area contributed by atoms with E-state index in [9.17, 15) is 13.2 Å². The number of hydrogen-bond donors (Lipinski definition) is 2. The molecule has 2 N–H and O–H groups in total. The van der Waals surface area contributed by atoms with Crippen LogP contribution in [0.2, 0.25) is 0 Å². The maximum absolute atomic E-state index is 12.3. The molecule has 0 radical (unpaired) electrons. The lowest BCUT2D eigenvalue weighted by atomic mass is 10.1. The lowest BCUT2D eigenvalue weighted by Gasteiger charge is -2.11. The van der Waals surface area contributed by atoms with Gasteiger partial charge in [-0.1, -0.05) is 0 Å². The summed E-state index contributed by atoms with van der Waals surface area (Å²) in [6.07, 6.45) is -3.36. The average molecular weight is 208 g/mol. The van der Waals surface area contributed by atoms with Crippen LogP contribution >= 0.6 is 12.6 Å². The molecule has 0 saturated carbocycles. The Morgan fingerprint density at radius 2 is 2.08 bits per heavy atom. The maximum Gasteiger partial charge on any atom is 0.416 e. The minimum absolute atomic E-state index is 0.0710. The van der Waals surface area contributed by atoms with Gasteiger partial charge in [-0.05, 0) is 6.07 Å². The molecule has 0 aromatic carbocycles. The van der Waals surface area contributed by atoms with Gasteiger partial charge in [-0.3, -0.25) is 0 Å². The van der Waals surface area contributed by atoms with Gasteiger partial charge in [-0.2, -0.15) is 25.8 Å². The minimum atomic E-state index is -4.39. The summed E-state index contributed by atoms with van der Waals surface area (Å²) < 4.78 is 36.9. The molecule has 0 atom stereocenters. The van der Waals surface area contributed by atoms with E-state index in [1.165, 1.54) is 0 Å². The summed E-state index contributed by atoms with van der Waals surface area (Å²) in [7, 11) is 0. The summed E-state index contributed by atoms with van der Waals surface area (Å²) >= 11 is 3.76. The molecule has 0 aliphatic rings. The summed E-state index contributed by atoms with van der Waals surface area (Å²) in [5.41, 5.74) is 4.43. The summed E-state index contributed by atoms with van der Waals surface area (Å²) in [5, 5.41) is 0. The fourth-order valence-corrected chi connectivity index (χ4v) is 1.27. The summed E-state index contributed by atoms with van der Waals surface area (Å²) in [4.78, 5) is 3.55. The number of aromatic nitrogens is 1. The fraction of sp³-hybridized carbons (Fsp3) is 0.286. The molecule has 1 rings (SSSR count). The Morgan fingerprint density at radius 3 is 2.46 bits per heavy atom. The van der Waals surface area contributed by atoms with Gasteiger partial charge in [0.05, 0.1) is 5.56 Å². The van der Waals surface area contributed by atoms with Crippen molar-refractivity contribution in [1.82, 2.24) is 4.98 Å². The van der Waals surface area contributed by atoms with Crippen molar-refractivity contribution in [3.8, 4) is 0 Å². The lowest BCUT2D eigenvalue weighted by molar-refractivity contribution is -0.138. The van der Waals surface area contributed by atoms with E-state index in [0.717, 1.165) is 12.3 Å². The Hall–Kier alpha value is -0.910. The quantitative estimate of drug-likeness (QED) is 0.694. The Morgan fingerprint density at radius 1 is 1.46 bits per heavy atom. The fourth-order valence-electron chi connectivity index (χ4n) is 0.940. The topological polar surface area (TPSA) is 38.9 Å². The second-order valence-electron chi connectivity index (χ2n) is 2.38. The molecule has 72 valence electrons. The number of anilines is 1. The summed E-state index contributed by atoms with van der Waals surface area (Å²) in [5.74, 6) is -0.195. The van der Waals surface area contributed by atoms with Crippen LogP contribution in [0.5, 0.6) is 0 Å². The van der Waals surface area contributed by atoms with Crippen LogP contribution in [0.4, 0.5) is 19.0 Å². The number of rotatable bonds is 1. The second-order valence-corrected chi connectivity index (χ2v) is 2.69. The second kappa shape index (κ2) is 3.45. The van der Waals surface area contributed by atoms with Gasteiger partial charge in [-0.15, -0.1) is 0 Å². The van der Waals surface area contributed by atoms with Crippen LogP contribution in [-0.4, -0.2) is 4.98 Å². The third-order valence-corrected chi connectivity index (χ3v) is 1.87. The van der Waals surface area contributed by atoms with E-state index in [-0.39, 0.29) is 17.1 Å². The molecule has 0 amide bonds. The first-order chi connectivity index (χ1) is 5.96. The molecular weight excluding hydrogens is 201 g/mol. The van der Waals surface area contributed by atoms with Gasteiger partial charge >= 0.3 is 6.18 Å². The maximum atomic E-state index is 12.3. The number of alkyl halides is 3. The molecule has 0 fully saturated rings. The molecule has 0 aliphatic carbocycles. The van der Waals surface area contributed by atoms with Crippen LogP contribution in [0.3, 0.4) is 0 Å². The zero-order valence-corrected chi connectivity index (χ0v) is 7.36. The molecule has 0 unspecified atom stereocenters. The highest BCUT2D eigenvalue weighted by Gasteiger charge is 2.33. The average Bonchev–Trinajstić information content (AvgIpc) is 2.02. The van der Waals surface area contributed by atoms with Crippen molar-refractivity contribution in [1.29, 1.82) is 0 Å². The largest absolute Gasteiger partial charge is 0.416 e. The number of hydrogen-bond acceptors (Lipinski definition) is 3. The van der Waals surface area contributed by atoms with E-state index in [1.54, 1.807) is 0 Å². The van der Waals surface area contributed by atoms with E-state index >= 15 is 0 Å². The van der Waals surface area contributed by atoms with Crippen molar-refractivity contribution >= 4 is 18.4 Å². The predicted molar refractivity (Wildman–Crippen MR) is 46.3 cm³/mol. The Balaban J connectivity index is 3.29. The zero-order chi connectivity index (χ0) is 10.1. The van der Waals surface area contributed by atoms with Gasteiger partial charge in [0.2, 0.25) is 0 Å². The first kappa shape index (κ1) is 10.2.